The summed E-state index contributed by atoms with van der Waals surface area (Å²) in [5.41, 5.74) is 2.36. The van der Waals surface area contributed by atoms with Crippen LogP contribution in [-0.2, 0) is 8.63 Å². The second-order valence-corrected chi connectivity index (χ2v) is 5.38. The van der Waals surface area contributed by atoms with Gasteiger partial charge in [0.15, 0.2) is 28.8 Å². The Bertz CT molecular complexity index is 547. The molecule has 3 nitrogen and oxygen atoms in total. The van der Waals surface area contributed by atoms with Crippen molar-refractivity contribution in [2.24, 2.45) is 0 Å². The average Bonchev–Trinajstić information content (AvgIpc) is 2.48. The Balaban J connectivity index is 2.27. The Morgan fingerprint density at radius 2 is 1.25 bits per heavy atom. The lowest BCUT2D eigenvalue weighted by molar-refractivity contribution is -0.0472. The van der Waals surface area contributed by atoms with Gasteiger partial charge in [-0.1, -0.05) is 38.1 Å². The highest BCUT2D eigenvalue weighted by molar-refractivity contribution is 14.1. The molecule has 20 heavy (non-hydrogen) atoms. The molecule has 0 atom stereocenters. The van der Waals surface area contributed by atoms with E-state index in [-0.39, 0.29) is 5.41 Å². The molecular weight excluding hydrogens is 367 g/mol. The summed E-state index contributed by atoms with van der Waals surface area (Å²) in [5.74, 6) is 1.56. The Kier molecular flexibility index (Phi) is 4.88. The predicted molar refractivity (Wildman–Crippen MR) is 87.3 cm³/mol. The lowest BCUT2D eigenvalue weighted by Gasteiger charge is -2.26. The third-order valence-electron chi connectivity index (χ3n) is 3.52. The molecule has 0 amide bonds. The van der Waals surface area contributed by atoms with Crippen molar-refractivity contribution < 1.29 is 12.8 Å². The Labute approximate surface area is 133 Å². The van der Waals surface area contributed by atoms with Crippen LogP contribution >= 0.6 is 23.0 Å². The minimum absolute atomic E-state index is 0.0873. The summed E-state index contributed by atoms with van der Waals surface area (Å²) < 4.78 is 9.82. The smallest absolute Gasteiger partial charge is 0.170 e. The molecule has 0 bridgehead atoms. The van der Waals surface area contributed by atoms with E-state index >= 15 is 0 Å². The predicted octanol–water partition coefficient (Wildman–Crippen LogP) is 4.68. The maximum atomic E-state index is 5.20. The van der Waals surface area contributed by atoms with Gasteiger partial charge in [0.25, 0.3) is 0 Å². The SMILES string of the molecule is COc1ccc(C(C)(C)c2ccc(OOI)cc2)cc1. The molecule has 4 heteroatoms. The molecule has 0 unspecified atom stereocenters. The molecule has 0 aliphatic carbocycles. The number of rotatable bonds is 5. The van der Waals surface area contributed by atoms with Gasteiger partial charge in [0.1, 0.15) is 5.75 Å². The first-order valence-corrected chi connectivity index (χ1v) is 7.16. The zero-order valence-electron chi connectivity index (χ0n) is 11.7. The molecule has 0 aromatic heterocycles. The lowest BCUT2D eigenvalue weighted by Crippen LogP contribution is -2.18. The first kappa shape index (κ1) is 15.1. The highest BCUT2D eigenvalue weighted by Crippen LogP contribution is 2.33. The van der Waals surface area contributed by atoms with E-state index in [1.165, 1.54) is 11.1 Å². The molecule has 2 aromatic rings. The lowest BCUT2D eigenvalue weighted by atomic mass is 9.78. The molecule has 0 saturated heterocycles. The minimum Gasteiger partial charge on any atom is -0.497 e. The number of ether oxygens (including phenoxy) is 1. The third kappa shape index (κ3) is 3.24. The third-order valence-corrected chi connectivity index (χ3v) is 3.70. The number of methoxy groups -OCH3 is 1. The van der Waals surface area contributed by atoms with Crippen LogP contribution in [-0.4, -0.2) is 7.11 Å². The molecule has 2 rings (SSSR count). The van der Waals surface area contributed by atoms with Crippen molar-refractivity contribution in [3.63, 3.8) is 0 Å². The fourth-order valence-electron chi connectivity index (χ4n) is 2.14. The summed E-state index contributed by atoms with van der Waals surface area (Å²) in [6.07, 6.45) is 0. The molecule has 0 fully saturated rings. The van der Waals surface area contributed by atoms with Crippen molar-refractivity contribution in [2.45, 2.75) is 19.3 Å². The van der Waals surface area contributed by atoms with Crippen molar-refractivity contribution in [1.82, 2.24) is 0 Å². The van der Waals surface area contributed by atoms with Gasteiger partial charge in [-0.3, -0.25) is 0 Å². The van der Waals surface area contributed by atoms with Crippen molar-refractivity contribution >= 4 is 23.0 Å². The van der Waals surface area contributed by atoms with Gasteiger partial charge in [0, 0.05) is 5.41 Å². The second-order valence-electron chi connectivity index (χ2n) is 5.02. The van der Waals surface area contributed by atoms with Crippen LogP contribution in [0.15, 0.2) is 48.5 Å². The molecule has 0 aliphatic heterocycles. The van der Waals surface area contributed by atoms with Gasteiger partial charge in [-0.25, -0.2) is 0 Å². The van der Waals surface area contributed by atoms with Crippen LogP contribution in [0.3, 0.4) is 0 Å². The van der Waals surface area contributed by atoms with E-state index in [2.05, 4.69) is 41.3 Å². The summed E-state index contributed by atoms with van der Waals surface area (Å²) in [5, 5.41) is 0. The zero-order chi connectivity index (χ0) is 14.6. The molecule has 0 spiro atoms. The van der Waals surface area contributed by atoms with E-state index in [1.807, 2.05) is 24.3 Å². The highest BCUT2D eigenvalue weighted by Gasteiger charge is 2.23. The fraction of sp³-hybridized carbons (Fsp3) is 0.250. The number of hydrogen-bond donors (Lipinski definition) is 0. The van der Waals surface area contributed by atoms with Crippen LogP contribution in [0.2, 0.25) is 0 Å². The number of hydrogen-bond acceptors (Lipinski definition) is 3. The van der Waals surface area contributed by atoms with Gasteiger partial charge in [-0.15, -0.1) is 3.22 Å². The molecule has 0 radical (unpaired) electrons. The van der Waals surface area contributed by atoms with Crippen LogP contribution in [0.1, 0.15) is 25.0 Å². The number of benzene rings is 2. The van der Waals surface area contributed by atoms with Crippen molar-refractivity contribution in [1.29, 1.82) is 0 Å². The van der Waals surface area contributed by atoms with E-state index < -0.39 is 0 Å². The molecule has 0 N–H and O–H groups in total. The largest absolute Gasteiger partial charge is 0.497 e. The van der Waals surface area contributed by atoms with E-state index in [0.717, 1.165) is 5.75 Å². The van der Waals surface area contributed by atoms with E-state index in [1.54, 1.807) is 30.1 Å². The Morgan fingerprint density at radius 3 is 1.65 bits per heavy atom. The molecule has 2 aromatic carbocycles. The standard InChI is InChI=1S/C16H17IO3/c1-16(2,12-4-8-14(18-3)9-5-12)13-6-10-15(11-7-13)19-20-17/h4-11H,1-3H3. The normalized spacial score (nSPS) is 11.2. The van der Waals surface area contributed by atoms with Gasteiger partial charge in [0.05, 0.1) is 7.11 Å². The molecule has 0 aliphatic rings. The Morgan fingerprint density at radius 1 is 0.800 bits per heavy atom. The number of halogens is 1. The van der Waals surface area contributed by atoms with Crippen molar-refractivity contribution in [2.75, 3.05) is 7.11 Å². The summed E-state index contributed by atoms with van der Waals surface area (Å²) in [6, 6.07) is 16.1. The molecule has 106 valence electrons. The summed E-state index contributed by atoms with van der Waals surface area (Å²) in [6.45, 7) is 4.39. The van der Waals surface area contributed by atoms with Gasteiger partial charge in [-0.2, -0.15) is 0 Å². The maximum absolute atomic E-state index is 5.20. The van der Waals surface area contributed by atoms with Gasteiger partial charge in [0.2, 0.25) is 0 Å². The minimum atomic E-state index is -0.0873. The molecule has 0 heterocycles. The van der Waals surface area contributed by atoms with Gasteiger partial charge < -0.3 is 9.62 Å². The molecule has 0 saturated carbocycles. The first-order chi connectivity index (χ1) is 9.57. The van der Waals surface area contributed by atoms with Crippen LogP contribution in [0.25, 0.3) is 0 Å². The zero-order valence-corrected chi connectivity index (χ0v) is 13.9. The molecular formula is C16H17IO3. The van der Waals surface area contributed by atoms with E-state index in [9.17, 15) is 0 Å². The van der Waals surface area contributed by atoms with Crippen LogP contribution in [0, 0.1) is 0 Å². The summed E-state index contributed by atoms with van der Waals surface area (Å²) in [7, 11) is 1.67. The topological polar surface area (TPSA) is 27.7 Å². The summed E-state index contributed by atoms with van der Waals surface area (Å²) >= 11 is 1.70. The van der Waals surface area contributed by atoms with Crippen molar-refractivity contribution in [3.8, 4) is 11.5 Å². The van der Waals surface area contributed by atoms with Crippen LogP contribution < -0.4 is 9.62 Å². The monoisotopic (exact) mass is 384 g/mol. The quantitative estimate of drug-likeness (QED) is 0.426. The summed E-state index contributed by atoms with van der Waals surface area (Å²) in [4.78, 5) is 4.98. The fourth-order valence-corrected chi connectivity index (χ4v) is 2.35. The maximum Gasteiger partial charge on any atom is 0.170 e. The second kappa shape index (κ2) is 6.45. The highest BCUT2D eigenvalue weighted by atomic mass is 127. The average molecular weight is 384 g/mol. The van der Waals surface area contributed by atoms with Gasteiger partial charge >= 0.3 is 0 Å². The first-order valence-electron chi connectivity index (χ1n) is 6.28. The van der Waals surface area contributed by atoms with Crippen molar-refractivity contribution in [3.05, 3.63) is 59.7 Å². The van der Waals surface area contributed by atoms with Crippen LogP contribution in [0.5, 0.6) is 11.5 Å². The van der Waals surface area contributed by atoms with Gasteiger partial charge in [-0.05, 0) is 35.4 Å². The van der Waals surface area contributed by atoms with E-state index in [4.69, 9.17) is 9.62 Å². The van der Waals surface area contributed by atoms with E-state index in [0.29, 0.717) is 5.75 Å². The van der Waals surface area contributed by atoms with Crippen LogP contribution in [0.4, 0.5) is 0 Å². The Hall–Kier alpha value is -1.27.